The van der Waals surface area contributed by atoms with Gasteiger partial charge in [-0.1, -0.05) is 30.3 Å². The summed E-state index contributed by atoms with van der Waals surface area (Å²) < 4.78 is 0. The zero-order valence-corrected chi connectivity index (χ0v) is 18.1. The molecule has 3 heterocycles. The number of benzene rings is 1. The quantitative estimate of drug-likeness (QED) is 0.659. The van der Waals surface area contributed by atoms with E-state index in [1.807, 2.05) is 30.0 Å². The van der Waals surface area contributed by atoms with Crippen LogP contribution >= 0.6 is 11.3 Å². The summed E-state index contributed by atoms with van der Waals surface area (Å²) in [4.78, 5) is 29.3. The van der Waals surface area contributed by atoms with Gasteiger partial charge in [-0.25, -0.2) is 0 Å². The van der Waals surface area contributed by atoms with E-state index >= 15 is 0 Å². The van der Waals surface area contributed by atoms with Crippen LogP contribution in [-0.2, 0) is 11.2 Å². The number of thiophene rings is 1. The van der Waals surface area contributed by atoms with Gasteiger partial charge < -0.3 is 10.2 Å². The highest BCUT2D eigenvalue weighted by Crippen LogP contribution is 2.38. The lowest BCUT2D eigenvalue weighted by atomic mass is 9.73. The number of carbonyl (C=O) groups excluding carboxylic acids is 2. The van der Waals surface area contributed by atoms with Gasteiger partial charge in [0.1, 0.15) is 0 Å². The van der Waals surface area contributed by atoms with Gasteiger partial charge in [0.05, 0.1) is 17.2 Å². The van der Waals surface area contributed by atoms with Gasteiger partial charge in [-0.3, -0.25) is 14.7 Å². The number of hydrogen-bond acceptors (Lipinski definition) is 4. The van der Waals surface area contributed by atoms with Crippen molar-refractivity contribution in [3.63, 3.8) is 0 Å². The van der Waals surface area contributed by atoms with E-state index in [1.165, 1.54) is 4.88 Å². The lowest BCUT2D eigenvalue weighted by molar-refractivity contribution is -0.133. The van der Waals surface area contributed by atoms with E-state index in [4.69, 9.17) is 0 Å². The third-order valence-electron chi connectivity index (χ3n) is 5.97. The molecule has 1 saturated heterocycles. The minimum Gasteiger partial charge on any atom is -0.359 e. The molecular formula is C23H26N4O2S. The Morgan fingerprint density at radius 1 is 1.27 bits per heavy atom. The molecule has 7 heteroatoms. The largest absolute Gasteiger partial charge is 0.359 e. The Bertz CT molecular complexity index is 1040. The van der Waals surface area contributed by atoms with E-state index in [0.717, 1.165) is 29.7 Å². The molecule has 0 spiro atoms. The summed E-state index contributed by atoms with van der Waals surface area (Å²) in [6.07, 6.45) is 3.70. The Morgan fingerprint density at radius 3 is 2.80 bits per heavy atom. The topological polar surface area (TPSA) is 78.1 Å². The van der Waals surface area contributed by atoms with Gasteiger partial charge in [0.25, 0.3) is 5.91 Å². The summed E-state index contributed by atoms with van der Waals surface area (Å²) in [6.45, 7) is 2.89. The van der Waals surface area contributed by atoms with Crippen LogP contribution in [0.3, 0.4) is 0 Å². The Morgan fingerprint density at radius 2 is 2.10 bits per heavy atom. The van der Waals surface area contributed by atoms with Crippen molar-refractivity contribution in [1.29, 1.82) is 0 Å². The van der Waals surface area contributed by atoms with Crippen LogP contribution in [0.15, 0.2) is 48.0 Å². The van der Waals surface area contributed by atoms with Crippen molar-refractivity contribution in [3.05, 3.63) is 64.8 Å². The minimum absolute atomic E-state index is 0.00935. The number of H-pyrrole nitrogens is 1. The van der Waals surface area contributed by atoms with Crippen molar-refractivity contribution >= 4 is 23.2 Å². The molecule has 2 amide bonds. The second kappa shape index (κ2) is 8.44. The van der Waals surface area contributed by atoms with Crippen LogP contribution in [0.4, 0.5) is 0 Å². The fraction of sp³-hybridized carbons (Fsp3) is 0.348. The van der Waals surface area contributed by atoms with E-state index in [1.54, 1.807) is 24.6 Å². The molecule has 0 aliphatic carbocycles. The molecule has 1 atom stereocenters. The molecule has 2 aromatic heterocycles. The number of amides is 2. The predicted molar refractivity (Wildman–Crippen MR) is 118 cm³/mol. The molecule has 1 fully saturated rings. The van der Waals surface area contributed by atoms with Crippen LogP contribution in [0.5, 0.6) is 0 Å². The molecule has 0 unspecified atom stereocenters. The maximum atomic E-state index is 13.1. The zero-order valence-electron chi connectivity index (χ0n) is 17.3. The third-order valence-corrected chi connectivity index (χ3v) is 6.87. The van der Waals surface area contributed by atoms with Crippen LogP contribution in [0.2, 0.25) is 0 Å². The van der Waals surface area contributed by atoms with Crippen molar-refractivity contribution in [2.24, 2.45) is 5.41 Å². The summed E-state index contributed by atoms with van der Waals surface area (Å²) in [6, 6.07) is 12.4. The number of nitrogens with zero attached hydrogens (tertiary/aromatic N) is 2. The van der Waals surface area contributed by atoms with Crippen molar-refractivity contribution in [1.82, 2.24) is 20.4 Å². The van der Waals surface area contributed by atoms with Crippen molar-refractivity contribution in [3.8, 4) is 10.4 Å². The first-order valence-corrected chi connectivity index (χ1v) is 11.1. The van der Waals surface area contributed by atoms with Gasteiger partial charge in [-0.2, -0.15) is 5.10 Å². The maximum Gasteiger partial charge on any atom is 0.257 e. The number of rotatable bonds is 5. The number of carbonyl (C=O) groups is 2. The van der Waals surface area contributed by atoms with E-state index in [0.29, 0.717) is 25.1 Å². The van der Waals surface area contributed by atoms with Crippen molar-refractivity contribution in [2.75, 3.05) is 20.1 Å². The highest BCUT2D eigenvalue weighted by atomic mass is 32.1. The standard InChI is InChI=1S/C23H26N4O2S/c1-16-19(14-25-26-16)21(28)27-11-6-10-23(15-27,22(29)24-2)13-17-7-3-4-8-18(17)20-9-5-12-30-20/h3-5,7-9,12,14H,6,10-11,13,15H2,1-2H3,(H,24,29)(H,25,26)/t23-/m0/s1. The van der Waals surface area contributed by atoms with E-state index in [9.17, 15) is 9.59 Å². The fourth-order valence-corrected chi connectivity index (χ4v) is 5.22. The molecule has 0 bridgehead atoms. The number of aromatic nitrogens is 2. The van der Waals surface area contributed by atoms with Crippen LogP contribution in [0.25, 0.3) is 10.4 Å². The lowest BCUT2D eigenvalue weighted by Gasteiger charge is -2.42. The Kier molecular flexibility index (Phi) is 5.72. The van der Waals surface area contributed by atoms with Gasteiger partial charge in [0.15, 0.2) is 0 Å². The first kappa shape index (κ1) is 20.3. The van der Waals surface area contributed by atoms with Gasteiger partial charge in [-0.05, 0) is 48.8 Å². The molecule has 0 radical (unpaired) electrons. The van der Waals surface area contributed by atoms with Gasteiger partial charge in [0, 0.05) is 30.7 Å². The Balaban J connectivity index is 1.67. The maximum absolute atomic E-state index is 13.1. The molecule has 2 N–H and O–H groups in total. The average Bonchev–Trinajstić information content (AvgIpc) is 3.45. The van der Waals surface area contributed by atoms with Crippen LogP contribution in [0, 0.1) is 12.3 Å². The van der Waals surface area contributed by atoms with Crippen LogP contribution in [0.1, 0.15) is 34.5 Å². The van der Waals surface area contributed by atoms with Gasteiger partial charge in [-0.15, -0.1) is 11.3 Å². The normalized spacial score (nSPS) is 18.9. The lowest BCUT2D eigenvalue weighted by Crippen LogP contribution is -2.54. The van der Waals surface area contributed by atoms with Crippen LogP contribution < -0.4 is 5.32 Å². The summed E-state index contributed by atoms with van der Waals surface area (Å²) >= 11 is 1.70. The van der Waals surface area contributed by atoms with E-state index < -0.39 is 5.41 Å². The molecular weight excluding hydrogens is 396 g/mol. The molecule has 1 aliphatic rings. The molecule has 6 nitrogen and oxygen atoms in total. The second-order valence-corrected chi connectivity index (χ2v) is 8.86. The Hall–Kier alpha value is -2.93. The molecule has 30 heavy (non-hydrogen) atoms. The van der Waals surface area contributed by atoms with Gasteiger partial charge in [0.2, 0.25) is 5.91 Å². The van der Waals surface area contributed by atoms with Gasteiger partial charge >= 0.3 is 0 Å². The van der Waals surface area contributed by atoms with Crippen molar-refractivity contribution < 1.29 is 9.59 Å². The molecule has 1 aliphatic heterocycles. The number of aryl methyl sites for hydroxylation is 1. The summed E-state index contributed by atoms with van der Waals surface area (Å²) in [5.74, 6) is -0.0781. The first-order chi connectivity index (χ1) is 14.5. The molecule has 4 rings (SSSR count). The zero-order chi connectivity index (χ0) is 21.1. The highest BCUT2D eigenvalue weighted by Gasteiger charge is 2.43. The summed E-state index contributed by atoms with van der Waals surface area (Å²) in [7, 11) is 1.68. The number of aromatic amines is 1. The number of piperidine rings is 1. The number of hydrogen-bond donors (Lipinski definition) is 2. The SMILES string of the molecule is CNC(=O)[C@]1(Cc2ccccc2-c2cccs2)CCCN(C(=O)c2cn[nH]c2C)C1. The number of nitrogens with one attached hydrogen (secondary N) is 2. The average molecular weight is 423 g/mol. The number of likely N-dealkylation sites (tertiary alicyclic amines) is 1. The van der Waals surface area contributed by atoms with E-state index in [-0.39, 0.29) is 11.8 Å². The predicted octanol–water partition coefficient (Wildman–Crippen LogP) is 3.66. The summed E-state index contributed by atoms with van der Waals surface area (Å²) in [5, 5.41) is 11.7. The summed E-state index contributed by atoms with van der Waals surface area (Å²) in [5.41, 5.74) is 2.95. The Labute approximate surface area is 180 Å². The molecule has 3 aromatic rings. The minimum atomic E-state index is -0.659. The highest BCUT2D eigenvalue weighted by molar-refractivity contribution is 7.13. The van der Waals surface area contributed by atoms with E-state index in [2.05, 4.69) is 39.1 Å². The molecule has 156 valence electrons. The monoisotopic (exact) mass is 422 g/mol. The van der Waals surface area contributed by atoms with Crippen molar-refractivity contribution in [2.45, 2.75) is 26.2 Å². The fourth-order valence-electron chi connectivity index (χ4n) is 4.43. The molecule has 0 saturated carbocycles. The second-order valence-electron chi connectivity index (χ2n) is 7.91. The first-order valence-electron chi connectivity index (χ1n) is 10.2. The smallest absolute Gasteiger partial charge is 0.257 e. The molecule has 1 aromatic carbocycles. The van der Waals surface area contributed by atoms with Crippen LogP contribution in [-0.4, -0.2) is 47.0 Å². The third kappa shape index (κ3) is 3.77.